The number of benzene rings is 1. The zero-order chi connectivity index (χ0) is 19.5. The van der Waals surface area contributed by atoms with Crippen molar-refractivity contribution >= 4 is 17.7 Å². The Hall–Kier alpha value is -2.57. The lowest BCUT2D eigenvalue weighted by Crippen LogP contribution is -2.42. The Morgan fingerprint density at radius 1 is 1.23 bits per heavy atom. The van der Waals surface area contributed by atoms with Crippen molar-refractivity contribution in [2.75, 3.05) is 20.4 Å². The fourth-order valence-electron chi connectivity index (χ4n) is 2.56. The number of carbonyl (C=O) groups excluding carboxylic acids is 3. The first-order valence-corrected chi connectivity index (χ1v) is 8.43. The van der Waals surface area contributed by atoms with Gasteiger partial charge in [0.05, 0.1) is 12.6 Å². The van der Waals surface area contributed by atoms with E-state index in [1.807, 2.05) is 13.8 Å². The van der Waals surface area contributed by atoms with E-state index >= 15 is 0 Å². The first-order chi connectivity index (χ1) is 12.1. The molecule has 0 saturated carbocycles. The number of Topliss-reactive ketones (excluding diaryl/α,β-unsaturated/α-hetero) is 1. The van der Waals surface area contributed by atoms with Crippen LogP contribution in [0.3, 0.4) is 0 Å². The molecule has 1 atom stereocenters. The number of carbonyl (C=O) groups is 3. The summed E-state index contributed by atoms with van der Waals surface area (Å²) in [6.45, 7) is 6.97. The van der Waals surface area contributed by atoms with E-state index < -0.39 is 11.5 Å². The number of fused-ring (bicyclic) bond motifs is 1. The maximum atomic E-state index is 12.7. The van der Waals surface area contributed by atoms with E-state index in [2.05, 4.69) is 0 Å². The number of nitrogens with zero attached hydrogens (tertiary/aromatic N) is 1. The SMILES string of the molecule is CC(=O)OCC(C)(C)CC(=O)N(C)C(C)C(=O)c1ccc2c(c1)OCO2. The molecule has 0 N–H and O–H groups in total. The van der Waals surface area contributed by atoms with Gasteiger partial charge in [0.2, 0.25) is 12.7 Å². The molecule has 142 valence electrons. The van der Waals surface area contributed by atoms with E-state index in [-0.39, 0.29) is 37.5 Å². The van der Waals surface area contributed by atoms with Gasteiger partial charge in [-0.2, -0.15) is 0 Å². The molecular weight excluding hydrogens is 338 g/mol. The lowest BCUT2D eigenvalue weighted by Gasteiger charge is -2.29. The predicted octanol–water partition coefficient (Wildman–Crippen LogP) is 2.42. The second-order valence-electron chi connectivity index (χ2n) is 7.23. The number of hydrogen-bond donors (Lipinski definition) is 0. The molecular formula is C19H25NO6. The van der Waals surface area contributed by atoms with Gasteiger partial charge in [-0.1, -0.05) is 13.8 Å². The molecule has 1 aromatic carbocycles. The van der Waals surface area contributed by atoms with Crippen LogP contribution in [-0.2, 0) is 14.3 Å². The first-order valence-electron chi connectivity index (χ1n) is 8.43. The van der Waals surface area contributed by atoms with Crippen molar-refractivity contribution in [1.82, 2.24) is 4.90 Å². The highest BCUT2D eigenvalue weighted by Gasteiger charge is 2.30. The van der Waals surface area contributed by atoms with Crippen LogP contribution in [-0.4, -0.2) is 49.0 Å². The number of esters is 1. The van der Waals surface area contributed by atoms with E-state index in [4.69, 9.17) is 14.2 Å². The van der Waals surface area contributed by atoms with Crippen molar-refractivity contribution < 1.29 is 28.6 Å². The van der Waals surface area contributed by atoms with Crippen molar-refractivity contribution in [3.8, 4) is 11.5 Å². The molecule has 0 radical (unpaired) electrons. The number of likely N-dealkylation sites (N-methyl/N-ethyl adjacent to an activating group) is 1. The largest absolute Gasteiger partial charge is 0.465 e. The van der Waals surface area contributed by atoms with Crippen molar-refractivity contribution in [2.24, 2.45) is 5.41 Å². The summed E-state index contributed by atoms with van der Waals surface area (Å²) in [5.74, 6) is 0.372. The van der Waals surface area contributed by atoms with Gasteiger partial charge in [-0.3, -0.25) is 14.4 Å². The minimum Gasteiger partial charge on any atom is -0.465 e. The minimum absolute atomic E-state index is 0.137. The topological polar surface area (TPSA) is 82.1 Å². The molecule has 1 heterocycles. The van der Waals surface area contributed by atoms with Crippen LogP contribution in [0.5, 0.6) is 11.5 Å². The zero-order valence-electron chi connectivity index (χ0n) is 15.8. The number of rotatable bonds is 7. The van der Waals surface area contributed by atoms with Gasteiger partial charge >= 0.3 is 5.97 Å². The quantitative estimate of drug-likeness (QED) is 0.547. The molecule has 0 aliphatic carbocycles. The Morgan fingerprint density at radius 3 is 2.54 bits per heavy atom. The van der Waals surface area contributed by atoms with Gasteiger partial charge in [0.25, 0.3) is 0 Å². The average molecular weight is 363 g/mol. The molecule has 0 saturated heterocycles. The summed E-state index contributed by atoms with van der Waals surface area (Å²) in [7, 11) is 1.60. The van der Waals surface area contributed by atoms with Crippen molar-refractivity contribution in [2.45, 2.75) is 40.2 Å². The van der Waals surface area contributed by atoms with E-state index in [1.54, 1.807) is 32.2 Å². The van der Waals surface area contributed by atoms with Crippen LogP contribution >= 0.6 is 0 Å². The van der Waals surface area contributed by atoms with Gasteiger partial charge < -0.3 is 19.1 Å². The highest BCUT2D eigenvalue weighted by Crippen LogP contribution is 2.33. The first kappa shape index (κ1) is 19.8. The number of amides is 1. The molecule has 0 aromatic heterocycles. The second-order valence-corrected chi connectivity index (χ2v) is 7.23. The molecule has 0 fully saturated rings. The van der Waals surface area contributed by atoms with Gasteiger partial charge in [0, 0.05) is 31.4 Å². The Kier molecular flexibility index (Phi) is 5.90. The maximum absolute atomic E-state index is 12.7. The summed E-state index contributed by atoms with van der Waals surface area (Å²) >= 11 is 0. The van der Waals surface area contributed by atoms with Crippen molar-refractivity contribution in [1.29, 1.82) is 0 Å². The Bertz CT molecular complexity index is 712. The third kappa shape index (κ3) is 4.74. The van der Waals surface area contributed by atoms with Crippen LogP contribution in [0.25, 0.3) is 0 Å². The molecule has 1 aliphatic rings. The second kappa shape index (κ2) is 7.76. The van der Waals surface area contributed by atoms with Gasteiger partial charge in [0.1, 0.15) is 0 Å². The minimum atomic E-state index is -0.632. The van der Waals surface area contributed by atoms with Gasteiger partial charge in [-0.05, 0) is 25.1 Å². The Balaban J connectivity index is 2.01. The summed E-state index contributed by atoms with van der Waals surface area (Å²) in [6.07, 6.45) is 0.162. The van der Waals surface area contributed by atoms with E-state index in [9.17, 15) is 14.4 Å². The van der Waals surface area contributed by atoms with Crippen LogP contribution in [0.2, 0.25) is 0 Å². The van der Waals surface area contributed by atoms with Crippen LogP contribution in [0.4, 0.5) is 0 Å². The maximum Gasteiger partial charge on any atom is 0.302 e. The predicted molar refractivity (Wildman–Crippen MR) is 94.2 cm³/mol. The van der Waals surface area contributed by atoms with Crippen LogP contribution in [0.1, 0.15) is 44.5 Å². The highest BCUT2D eigenvalue weighted by atomic mass is 16.7. The van der Waals surface area contributed by atoms with Crippen molar-refractivity contribution in [3.05, 3.63) is 23.8 Å². The number of ether oxygens (including phenoxy) is 3. The van der Waals surface area contributed by atoms with Gasteiger partial charge in [-0.15, -0.1) is 0 Å². The Morgan fingerprint density at radius 2 is 1.88 bits per heavy atom. The fourth-order valence-corrected chi connectivity index (χ4v) is 2.56. The molecule has 0 bridgehead atoms. The van der Waals surface area contributed by atoms with E-state index in [1.165, 1.54) is 11.8 Å². The Labute approximate surface area is 153 Å². The number of ketones is 1. The summed E-state index contributed by atoms with van der Waals surface area (Å²) in [5, 5.41) is 0. The van der Waals surface area contributed by atoms with Crippen LogP contribution in [0.15, 0.2) is 18.2 Å². The van der Waals surface area contributed by atoms with Gasteiger partial charge in [-0.25, -0.2) is 0 Å². The van der Waals surface area contributed by atoms with Crippen molar-refractivity contribution in [3.63, 3.8) is 0 Å². The molecule has 1 amide bonds. The van der Waals surface area contributed by atoms with Crippen LogP contribution in [0, 0.1) is 5.41 Å². The molecule has 7 heteroatoms. The molecule has 0 spiro atoms. The fraction of sp³-hybridized carbons (Fsp3) is 0.526. The molecule has 7 nitrogen and oxygen atoms in total. The summed E-state index contributed by atoms with van der Waals surface area (Å²) in [6, 6.07) is 4.35. The lowest BCUT2D eigenvalue weighted by molar-refractivity contribution is -0.146. The lowest BCUT2D eigenvalue weighted by atomic mass is 9.89. The molecule has 1 aromatic rings. The monoisotopic (exact) mass is 363 g/mol. The van der Waals surface area contributed by atoms with E-state index in [0.717, 1.165) is 0 Å². The zero-order valence-corrected chi connectivity index (χ0v) is 15.8. The summed E-state index contributed by atoms with van der Waals surface area (Å²) < 4.78 is 15.5. The van der Waals surface area contributed by atoms with E-state index in [0.29, 0.717) is 17.1 Å². The number of hydrogen-bond acceptors (Lipinski definition) is 6. The summed E-state index contributed by atoms with van der Waals surface area (Å²) in [5.41, 5.74) is -0.0565. The normalized spacial score (nSPS) is 13.9. The van der Waals surface area contributed by atoms with Crippen LogP contribution < -0.4 is 9.47 Å². The average Bonchev–Trinajstić information content (AvgIpc) is 3.05. The highest BCUT2D eigenvalue weighted by molar-refractivity contribution is 6.02. The standard InChI is InChI=1S/C19H25NO6/c1-12(18(23)14-6-7-15-16(8-14)26-11-25-15)20(5)17(22)9-19(3,4)10-24-13(2)21/h6-8,12H,9-11H2,1-5H3. The van der Waals surface area contributed by atoms with Gasteiger partial charge in [0.15, 0.2) is 17.3 Å². The third-order valence-electron chi connectivity index (χ3n) is 4.31. The molecule has 2 rings (SSSR count). The molecule has 26 heavy (non-hydrogen) atoms. The molecule has 1 unspecified atom stereocenters. The third-order valence-corrected chi connectivity index (χ3v) is 4.31. The molecule has 1 aliphatic heterocycles. The summed E-state index contributed by atoms with van der Waals surface area (Å²) in [4.78, 5) is 37.7. The smallest absolute Gasteiger partial charge is 0.302 e.